The second-order valence-corrected chi connectivity index (χ2v) is 5.50. The predicted molar refractivity (Wildman–Crippen MR) is 79.1 cm³/mol. The van der Waals surface area contributed by atoms with Gasteiger partial charge >= 0.3 is 0 Å². The Kier molecular flexibility index (Phi) is 3.08. The molecule has 1 amide bonds. The zero-order valence-electron chi connectivity index (χ0n) is 12.2. The minimum absolute atomic E-state index is 0.0641. The molecule has 1 heterocycles. The lowest BCUT2D eigenvalue weighted by Gasteiger charge is -2.09. The summed E-state index contributed by atoms with van der Waals surface area (Å²) in [4.78, 5) is 12.4. The van der Waals surface area contributed by atoms with Crippen LogP contribution in [0.15, 0.2) is 18.2 Å². The van der Waals surface area contributed by atoms with Crippen molar-refractivity contribution in [3.05, 3.63) is 46.1 Å². The number of amides is 1. The number of aromatic nitrogens is 2. The van der Waals surface area contributed by atoms with E-state index in [2.05, 4.69) is 10.4 Å². The van der Waals surface area contributed by atoms with Crippen LogP contribution in [-0.4, -0.2) is 15.7 Å². The third kappa shape index (κ3) is 2.11. The third-order valence-electron chi connectivity index (χ3n) is 4.07. The van der Waals surface area contributed by atoms with E-state index in [1.807, 2.05) is 39.1 Å². The molecule has 1 N–H and O–H groups in total. The first kappa shape index (κ1) is 12.9. The largest absolute Gasteiger partial charge is 0.307 e. The van der Waals surface area contributed by atoms with Crippen LogP contribution >= 0.6 is 0 Å². The quantitative estimate of drug-likeness (QED) is 0.911. The SMILES string of the molecule is Cc1ccc(C(=O)Nc2c3c(nn2C)CCC3)cc1C. The maximum atomic E-state index is 12.4. The number of nitrogens with zero attached hydrogens (tertiary/aromatic N) is 2. The van der Waals surface area contributed by atoms with Gasteiger partial charge in [0.2, 0.25) is 0 Å². The molecule has 4 nitrogen and oxygen atoms in total. The van der Waals surface area contributed by atoms with Crippen molar-refractivity contribution in [2.75, 3.05) is 5.32 Å². The first-order chi connectivity index (χ1) is 9.56. The lowest BCUT2D eigenvalue weighted by Crippen LogP contribution is -2.16. The van der Waals surface area contributed by atoms with Gasteiger partial charge in [-0.3, -0.25) is 9.48 Å². The van der Waals surface area contributed by atoms with Gasteiger partial charge in [-0.05, 0) is 56.4 Å². The molecule has 0 aliphatic heterocycles. The number of hydrogen-bond acceptors (Lipinski definition) is 2. The van der Waals surface area contributed by atoms with Crippen LogP contribution in [0, 0.1) is 13.8 Å². The fourth-order valence-corrected chi connectivity index (χ4v) is 2.74. The predicted octanol–water partition coefficient (Wildman–Crippen LogP) is 2.78. The van der Waals surface area contributed by atoms with Gasteiger partial charge in [-0.25, -0.2) is 0 Å². The van der Waals surface area contributed by atoms with Crippen molar-refractivity contribution in [2.24, 2.45) is 7.05 Å². The summed E-state index contributed by atoms with van der Waals surface area (Å²) in [5.74, 6) is 0.784. The van der Waals surface area contributed by atoms with E-state index in [0.717, 1.165) is 36.3 Å². The molecule has 2 aromatic rings. The number of aryl methyl sites for hydroxylation is 4. The van der Waals surface area contributed by atoms with Gasteiger partial charge in [-0.1, -0.05) is 6.07 Å². The monoisotopic (exact) mass is 269 g/mol. The van der Waals surface area contributed by atoms with Crippen molar-refractivity contribution < 1.29 is 4.79 Å². The molecule has 0 bridgehead atoms. The highest BCUT2D eigenvalue weighted by molar-refractivity contribution is 6.04. The number of carbonyl (C=O) groups excluding carboxylic acids is 1. The molecule has 20 heavy (non-hydrogen) atoms. The van der Waals surface area contributed by atoms with Crippen molar-refractivity contribution in [3.8, 4) is 0 Å². The van der Waals surface area contributed by atoms with Gasteiger partial charge in [0.1, 0.15) is 5.82 Å². The number of nitrogens with one attached hydrogen (secondary N) is 1. The second-order valence-electron chi connectivity index (χ2n) is 5.50. The average molecular weight is 269 g/mol. The smallest absolute Gasteiger partial charge is 0.256 e. The van der Waals surface area contributed by atoms with Crippen LogP contribution in [0.3, 0.4) is 0 Å². The number of rotatable bonds is 2. The molecule has 1 aromatic heterocycles. The summed E-state index contributed by atoms with van der Waals surface area (Å²) in [6.07, 6.45) is 3.15. The lowest BCUT2D eigenvalue weighted by molar-refractivity contribution is 0.102. The van der Waals surface area contributed by atoms with Crippen molar-refractivity contribution >= 4 is 11.7 Å². The Labute approximate surface area is 118 Å². The van der Waals surface area contributed by atoms with Crippen LogP contribution < -0.4 is 5.32 Å². The molecular weight excluding hydrogens is 250 g/mol. The van der Waals surface area contributed by atoms with E-state index >= 15 is 0 Å². The van der Waals surface area contributed by atoms with Gasteiger partial charge in [-0.15, -0.1) is 0 Å². The van der Waals surface area contributed by atoms with Crippen LogP contribution in [0.4, 0.5) is 5.82 Å². The summed E-state index contributed by atoms with van der Waals surface area (Å²) < 4.78 is 1.78. The lowest BCUT2D eigenvalue weighted by atomic mass is 10.1. The normalized spacial score (nSPS) is 13.3. The maximum Gasteiger partial charge on any atom is 0.256 e. The summed E-state index contributed by atoms with van der Waals surface area (Å²) >= 11 is 0. The van der Waals surface area contributed by atoms with E-state index in [0.29, 0.717) is 5.56 Å². The Hall–Kier alpha value is -2.10. The fraction of sp³-hybridized carbons (Fsp3) is 0.375. The molecule has 0 fully saturated rings. The number of anilines is 1. The Morgan fingerprint density at radius 1 is 1.25 bits per heavy atom. The van der Waals surface area contributed by atoms with Gasteiger partial charge in [0.05, 0.1) is 5.69 Å². The van der Waals surface area contributed by atoms with Crippen LogP contribution in [0.25, 0.3) is 0 Å². The van der Waals surface area contributed by atoms with Crippen molar-refractivity contribution in [3.63, 3.8) is 0 Å². The van der Waals surface area contributed by atoms with Gasteiger partial charge in [-0.2, -0.15) is 5.10 Å². The summed E-state index contributed by atoms with van der Waals surface area (Å²) in [7, 11) is 1.88. The Balaban J connectivity index is 1.88. The first-order valence-corrected chi connectivity index (χ1v) is 6.99. The molecular formula is C16H19N3O. The zero-order chi connectivity index (χ0) is 14.3. The third-order valence-corrected chi connectivity index (χ3v) is 4.07. The van der Waals surface area contributed by atoms with Crippen molar-refractivity contribution in [1.82, 2.24) is 9.78 Å². The first-order valence-electron chi connectivity index (χ1n) is 6.99. The topological polar surface area (TPSA) is 46.9 Å². The van der Waals surface area contributed by atoms with E-state index in [4.69, 9.17) is 0 Å². The van der Waals surface area contributed by atoms with Crippen molar-refractivity contribution in [1.29, 1.82) is 0 Å². The van der Waals surface area contributed by atoms with Gasteiger partial charge in [0, 0.05) is 18.2 Å². The van der Waals surface area contributed by atoms with Crippen LogP contribution in [-0.2, 0) is 19.9 Å². The number of fused-ring (bicyclic) bond motifs is 1. The Bertz CT molecular complexity index is 685. The molecule has 1 aromatic carbocycles. The molecule has 1 aliphatic rings. The average Bonchev–Trinajstić information content (AvgIpc) is 2.96. The molecule has 0 radical (unpaired) electrons. The van der Waals surface area contributed by atoms with E-state index in [9.17, 15) is 4.79 Å². The molecule has 0 saturated heterocycles. The molecule has 3 rings (SSSR count). The van der Waals surface area contributed by atoms with E-state index < -0.39 is 0 Å². The number of benzene rings is 1. The highest BCUT2D eigenvalue weighted by Crippen LogP contribution is 2.28. The summed E-state index contributed by atoms with van der Waals surface area (Å²) in [5.41, 5.74) is 5.35. The van der Waals surface area contributed by atoms with E-state index in [1.165, 1.54) is 11.1 Å². The molecule has 0 unspecified atom stereocenters. The fourth-order valence-electron chi connectivity index (χ4n) is 2.74. The van der Waals surface area contributed by atoms with Crippen LogP contribution in [0.2, 0.25) is 0 Å². The van der Waals surface area contributed by atoms with E-state index in [1.54, 1.807) is 4.68 Å². The van der Waals surface area contributed by atoms with Gasteiger partial charge in [0.25, 0.3) is 5.91 Å². The van der Waals surface area contributed by atoms with Gasteiger partial charge < -0.3 is 5.32 Å². The minimum Gasteiger partial charge on any atom is -0.307 e. The second kappa shape index (κ2) is 4.78. The number of hydrogen-bond donors (Lipinski definition) is 1. The standard InChI is InChI=1S/C16H19N3O/c1-10-7-8-12(9-11(10)2)16(20)17-15-13-5-4-6-14(13)18-19(15)3/h7-9H,4-6H2,1-3H3,(H,17,20). The summed E-state index contributed by atoms with van der Waals surface area (Å²) in [6.45, 7) is 4.07. The Morgan fingerprint density at radius 2 is 2.05 bits per heavy atom. The highest BCUT2D eigenvalue weighted by atomic mass is 16.1. The molecule has 0 atom stereocenters. The van der Waals surface area contributed by atoms with E-state index in [-0.39, 0.29) is 5.91 Å². The highest BCUT2D eigenvalue weighted by Gasteiger charge is 2.22. The Morgan fingerprint density at radius 3 is 2.80 bits per heavy atom. The minimum atomic E-state index is -0.0641. The van der Waals surface area contributed by atoms with Gasteiger partial charge in [0.15, 0.2) is 0 Å². The molecule has 0 saturated carbocycles. The molecule has 1 aliphatic carbocycles. The molecule has 4 heteroatoms. The summed E-state index contributed by atoms with van der Waals surface area (Å²) in [6, 6.07) is 5.79. The van der Waals surface area contributed by atoms with Crippen LogP contribution in [0.1, 0.15) is 39.2 Å². The summed E-state index contributed by atoms with van der Waals surface area (Å²) in [5, 5.41) is 7.49. The van der Waals surface area contributed by atoms with Crippen LogP contribution in [0.5, 0.6) is 0 Å². The van der Waals surface area contributed by atoms with Crippen molar-refractivity contribution in [2.45, 2.75) is 33.1 Å². The molecule has 104 valence electrons. The number of carbonyl (C=O) groups is 1. The molecule has 0 spiro atoms. The maximum absolute atomic E-state index is 12.4. The zero-order valence-corrected chi connectivity index (χ0v) is 12.2.